The Labute approximate surface area is 107 Å². The molecule has 1 aromatic carbocycles. The lowest BCUT2D eigenvalue weighted by Gasteiger charge is -2.12. The Hall–Kier alpha value is -1.74. The topological polar surface area (TPSA) is 89.9 Å². The molecule has 0 aliphatic carbocycles. The van der Waals surface area contributed by atoms with Gasteiger partial charge >= 0.3 is 21.5 Å². The molecular formula is C10H10F2O6S. The summed E-state index contributed by atoms with van der Waals surface area (Å²) in [5, 5.41) is -4.57. The molecule has 0 heterocycles. The second kappa shape index (κ2) is 5.93. The van der Waals surface area contributed by atoms with Crippen molar-refractivity contribution in [3.05, 3.63) is 35.9 Å². The van der Waals surface area contributed by atoms with E-state index in [4.69, 9.17) is 4.55 Å². The molecular weight excluding hydrogens is 286 g/mol. The fraction of sp³-hybridized carbons (Fsp3) is 0.300. The van der Waals surface area contributed by atoms with Gasteiger partial charge in [-0.05, 0) is 5.56 Å². The molecule has 1 aromatic rings. The molecule has 0 atom stereocenters. The fourth-order valence-electron chi connectivity index (χ4n) is 0.976. The summed E-state index contributed by atoms with van der Waals surface area (Å²) in [7, 11) is -5.63. The van der Waals surface area contributed by atoms with Crippen LogP contribution in [0.15, 0.2) is 30.3 Å². The van der Waals surface area contributed by atoms with E-state index in [0.717, 1.165) is 0 Å². The molecule has 0 amide bonds. The van der Waals surface area contributed by atoms with Gasteiger partial charge < -0.3 is 9.47 Å². The third-order valence-electron chi connectivity index (χ3n) is 1.93. The van der Waals surface area contributed by atoms with E-state index in [0.29, 0.717) is 5.56 Å². The average Bonchev–Trinajstić information content (AvgIpc) is 2.34. The van der Waals surface area contributed by atoms with Crippen molar-refractivity contribution in [1.29, 1.82) is 0 Å². The Morgan fingerprint density at radius 3 is 2.32 bits per heavy atom. The first-order valence-electron chi connectivity index (χ1n) is 4.91. The van der Waals surface area contributed by atoms with Crippen molar-refractivity contribution in [2.24, 2.45) is 0 Å². The van der Waals surface area contributed by atoms with Crippen LogP contribution in [0.25, 0.3) is 0 Å². The van der Waals surface area contributed by atoms with E-state index in [1.807, 2.05) is 0 Å². The Bertz CT molecular complexity index is 528. The van der Waals surface area contributed by atoms with E-state index >= 15 is 0 Å². The molecule has 0 aromatic heterocycles. The molecule has 0 aliphatic rings. The van der Waals surface area contributed by atoms with E-state index in [1.54, 1.807) is 30.3 Å². The Morgan fingerprint density at radius 1 is 1.21 bits per heavy atom. The molecule has 0 saturated carbocycles. The first kappa shape index (κ1) is 15.3. The van der Waals surface area contributed by atoms with Crippen LogP contribution in [0.5, 0.6) is 0 Å². The van der Waals surface area contributed by atoms with Gasteiger partial charge in [0.1, 0.15) is 6.61 Å². The Balaban J connectivity index is 2.41. The number of alkyl halides is 2. The van der Waals surface area contributed by atoms with Crippen molar-refractivity contribution in [1.82, 2.24) is 0 Å². The number of hydrogen-bond donors (Lipinski definition) is 1. The normalized spacial score (nSPS) is 11.9. The van der Waals surface area contributed by atoms with Gasteiger partial charge in [-0.3, -0.25) is 4.55 Å². The molecule has 106 valence electrons. The number of hydrogen-bond acceptors (Lipinski definition) is 5. The minimum Gasteiger partial charge on any atom is -0.429 e. The molecule has 1 rings (SSSR count). The van der Waals surface area contributed by atoms with Crippen molar-refractivity contribution in [2.45, 2.75) is 11.9 Å². The molecule has 0 radical (unpaired) electrons. The van der Waals surface area contributed by atoms with Crippen LogP contribution in [0.3, 0.4) is 0 Å². The SMILES string of the molecule is O=C(OCc1ccccc1)OCC(F)(F)S(=O)(=O)O. The minimum atomic E-state index is -5.63. The van der Waals surface area contributed by atoms with Gasteiger partial charge in [-0.1, -0.05) is 30.3 Å². The molecule has 19 heavy (non-hydrogen) atoms. The van der Waals surface area contributed by atoms with Crippen LogP contribution in [0.2, 0.25) is 0 Å². The van der Waals surface area contributed by atoms with Gasteiger partial charge in [0.2, 0.25) is 0 Å². The van der Waals surface area contributed by atoms with Crippen molar-refractivity contribution in [3.8, 4) is 0 Å². The number of carbonyl (C=O) groups excluding carboxylic acids is 1. The zero-order valence-electron chi connectivity index (χ0n) is 9.45. The van der Waals surface area contributed by atoms with E-state index in [1.165, 1.54) is 0 Å². The van der Waals surface area contributed by atoms with Gasteiger partial charge in [0, 0.05) is 0 Å². The monoisotopic (exact) mass is 296 g/mol. The lowest BCUT2D eigenvalue weighted by atomic mass is 10.2. The molecule has 0 saturated heterocycles. The summed E-state index contributed by atoms with van der Waals surface area (Å²) in [5.74, 6) is 0. The molecule has 6 nitrogen and oxygen atoms in total. The Kier molecular flexibility index (Phi) is 4.78. The van der Waals surface area contributed by atoms with Crippen LogP contribution >= 0.6 is 0 Å². The summed E-state index contributed by atoms with van der Waals surface area (Å²) < 4.78 is 62.3. The highest BCUT2D eigenvalue weighted by atomic mass is 32.2. The summed E-state index contributed by atoms with van der Waals surface area (Å²) in [5.41, 5.74) is 0.598. The second-order valence-electron chi connectivity index (χ2n) is 3.43. The van der Waals surface area contributed by atoms with Crippen LogP contribution in [0.4, 0.5) is 13.6 Å². The van der Waals surface area contributed by atoms with Crippen molar-refractivity contribution in [3.63, 3.8) is 0 Å². The first-order chi connectivity index (χ1) is 8.72. The van der Waals surface area contributed by atoms with Crippen LogP contribution in [-0.4, -0.2) is 31.0 Å². The van der Waals surface area contributed by atoms with Crippen molar-refractivity contribution < 1.29 is 36.0 Å². The van der Waals surface area contributed by atoms with Gasteiger partial charge in [0.25, 0.3) is 0 Å². The summed E-state index contributed by atoms with van der Waals surface area (Å²) in [6, 6.07) is 8.33. The quantitative estimate of drug-likeness (QED) is 0.658. The smallest absolute Gasteiger partial charge is 0.429 e. The minimum absolute atomic E-state index is 0.211. The average molecular weight is 296 g/mol. The lowest BCUT2D eigenvalue weighted by Crippen LogP contribution is -2.34. The van der Waals surface area contributed by atoms with Gasteiger partial charge in [-0.2, -0.15) is 17.2 Å². The molecule has 1 N–H and O–H groups in total. The number of rotatable bonds is 5. The standard InChI is InChI=1S/C10H10F2O6S/c11-10(12,19(14,15)16)7-18-9(13)17-6-8-4-2-1-3-5-8/h1-5H,6-7H2,(H,14,15,16). The molecule has 0 bridgehead atoms. The maximum absolute atomic E-state index is 12.7. The van der Waals surface area contributed by atoms with Gasteiger partial charge in [-0.25, -0.2) is 4.79 Å². The third kappa shape index (κ3) is 4.79. The predicted molar refractivity (Wildman–Crippen MR) is 59.1 cm³/mol. The summed E-state index contributed by atoms with van der Waals surface area (Å²) in [4.78, 5) is 10.9. The molecule has 0 aliphatic heterocycles. The predicted octanol–water partition coefficient (Wildman–Crippen LogP) is 1.82. The lowest BCUT2D eigenvalue weighted by molar-refractivity contribution is -0.0215. The van der Waals surface area contributed by atoms with Gasteiger partial charge in [0.15, 0.2) is 6.61 Å². The molecule has 0 fully saturated rings. The van der Waals surface area contributed by atoms with E-state index in [2.05, 4.69) is 9.47 Å². The van der Waals surface area contributed by atoms with Crippen LogP contribution < -0.4 is 0 Å². The van der Waals surface area contributed by atoms with E-state index in [-0.39, 0.29) is 6.61 Å². The van der Waals surface area contributed by atoms with Gasteiger partial charge in [0.05, 0.1) is 0 Å². The van der Waals surface area contributed by atoms with Crippen LogP contribution in [-0.2, 0) is 26.2 Å². The summed E-state index contributed by atoms with van der Waals surface area (Å²) >= 11 is 0. The zero-order valence-corrected chi connectivity index (χ0v) is 10.3. The van der Waals surface area contributed by atoms with Crippen LogP contribution in [0.1, 0.15) is 5.56 Å². The van der Waals surface area contributed by atoms with E-state index in [9.17, 15) is 22.0 Å². The largest absolute Gasteiger partial charge is 0.508 e. The fourth-order valence-corrected chi connectivity index (χ4v) is 1.18. The first-order valence-corrected chi connectivity index (χ1v) is 6.35. The number of ether oxygens (including phenoxy) is 2. The maximum Gasteiger partial charge on any atom is 0.508 e. The zero-order chi connectivity index (χ0) is 14.5. The maximum atomic E-state index is 12.7. The summed E-state index contributed by atoms with van der Waals surface area (Å²) in [6.07, 6.45) is -1.47. The highest BCUT2D eigenvalue weighted by Crippen LogP contribution is 2.20. The molecule has 0 unspecified atom stereocenters. The number of benzene rings is 1. The van der Waals surface area contributed by atoms with E-state index < -0.39 is 28.1 Å². The molecule has 9 heteroatoms. The Morgan fingerprint density at radius 2 is 1.79 bits per heavy atom. The van der Waals surface area contributed by atoms with Crippen molar-refractivity contribution >= 4 is 16.3 Å². The van der Waals surface area contributed by atoms with Gasteiger partial charge in [-0.15, -0.1) is 0 Å². The highest BCUT2D eigenvalue weighted by Gasteiger charge is 2.45. The highest BCUT2D eigenvalue weighted by molar-refractivity contribution is 7.86. The molecule has 0 spiro atoms. The second-order valence-corrected chi connectivity index (χ2v) is 4.97. The summed E-state index contributed by atoms with van der Waals surface area (Å²) in [6.45, 7) is -2.03. The number of carbonyl (C=O) groups is 1. The third-order valence-corrected chi connectivity index (χ3v) is 2.81. The number of halogens is 2. The van der Waals surface area contributed by atoms with Crippen molar-refractivity contribution in [2.75, 3.05) is 6.61 Å². The van der Waals surface area contributed by atoms with Crippen LogP contribution in [0, 0.1) is 0 Å².